The summed E-state index contributed by atoms with van der Waals surface area (Å²) in [6.45, 7) is 8.45. The highest BCUT2D eigenvalue weighted by Gasteiger charge is 1.81. The largest absolute Gasteiger partial charge is 0.307 e. The summed E-state index contributed by atoms with van der Waals surface area (Å²) in [5, 5.41) is 3.91. The third kappa shape index (κ3) is 7.21. The topological polar surface area (TPSA) is 24.4 Å². The Hall–Kier alpha value is -0.790. The van der Waals surface area contributed by atoms with Gasteiger partial charge in [-0.3, -0.25) is 0 Å². The molecule has 0 aromatic rings. The number of nitrogens with zero attached hydrogens (tertiary/aromatic N) is 1. The summed E-state index contributed by atoms with van der Waals surface area (Å²) in [4.78, 5) is 0. The maximum absolute atomic E-state index is 3.91. The van der Waals surface area contributed by atoms with Crippen molar-refractivity contribution in [2.24, 2.45) is 11.0 Å². The van der Waals surface area contributed by atoms with Gasteiger partial charge in [0.2, 0.25) is 0 Å². The Morgan fingerprint density at radius 2 is 2.33 bits per heavy atom. The third-order valence-electron chi connectivity index (χ3n) is 0.700. The molecule has 0 spiro atoms. The van der Waals surface area contributed by atoms with Crippen molar-refractivity contribution < 1.29 is 0 Å². The molecule has 0 amide bonds. The van der Waals surface area contributed by atoms with Crippen molar-refractivity contribution >= 4 is 6.21 Å². The van der Waals surface area contributed by atoms with Crippen LogP contribution in [0.5, 0.6) is 0 Å². The summed E-state index contributed by atoms with van der Waals surface area (Å²) >= 11 is 0. The number of hydrazone groups is 1. The average molecular weight is 126 g/mol. The second-order valence-corrected chi connectivity index (χ2v) is 2.17. The van der Waals surface area contributed by atoms with Gasteiger partial charge in [-0.2, -0.15) is 5.10 Å². The number of nitrogens with one attached hydrogen (secondary N) is 1. The van der Waals surface area contributed by atoms with E-state index in [2.05, 4.69) is 31.0 Å². The van der Waals surface area contributed by atoms with Crippen LogP contribution in [-0.4, -0.2) is 12.8 Å². The van der Waals surface area contributed by atoms with Crippen LogP contribution in [0.15, 0.2) is 17.8 Å². The van der Waals surface area contributed by atoms with Gasteiger partial charge in [0.25, 0.3) is 0 Å². The van der Waals surface area contributed by atoms with E-state index >= 15 is 0 Å². The van der Waals surface area contributed by atoms with E-state index in [0.29, 0.717) is 5.92 Å². The van der Waals surface area contributed by atoms with E-state index in [1.807, 2.05) is 6.21 Å². The lowest BCUT2D eigenvalue weighted by atomic mass is 10.3. The molecule has 52 valence electrons. The fraction of sp³-hybridized carbons (Fsp3) is 0.571. The summed E-state index contributed by atoms with van der Waals surface area (Å²) in [6.07, 6.45) is 3.64. The van der Waals surface area contributed by atoms with Gasteiger partial charge in [0.15, 0.2) is 0 Å². The summed E-state index contributed by atoms with van der Waals surface area (Å²) in [5.74, 6) is 0.516. The van der Waals surface area contributed by atoms with Crippen LogP contribution in [0.3, 0.4) is 0 Å². The first-order valence-corrected chi connectivity index (χ1v) is 3.14. The van der Waals surface area contributed by atoms with Gasteiger partial charge in [0.05, 0.1) is 6.54 Å². The van der Waals surface area contributed by atoms with Crippen LogP contribution in [0.25, 0.3) is 0 Å². The zero-order valence-electron chi connectivity index (χ0n) is 6.09. The SMILES string of the molecule is C=CCNN=CC(C)C. The molecule has 0 heterocycles. The van der Waals surface area contributed by atoms with E-state index in [1.165, 1.54) is 0 Å². The van der Waals surface area contributed by atoms with Crippen LogP contribution < -0.4 is 5.43 Å². The average Bonchev–Trinajstić information content (AvgIpc) is 1.80. The molecule has 2 heteroatoms. The maximum atomic E-state index is 3.91. The Labute approximate surface area is 56.7 Å². The van der Waals surface area contributed by atoms with E-state index < -0.39 is 0 Å². The highest BCUT2D eigenvalue weighted by Crippen LogP contribution is 1.82. The summed E-state index contributed by atoms with van der Waals surface area (Å²) < 4.78 is 0. The number of hydrogen-bond acceptors (Lipinski definition) is 2. The fourth-order valence-corrected chi connectivity index (χ4v) is 0.319. The molecule has 0 aliphatic rings. The van der Waals surface area contributed by atoms with Crippen LogP contribution in [0.2, 0.25) is 0 Å². The molecule has 0 saturated heterocycles. The van der Waals surface area contributed by atoms with E-state index in [4.69, 9.17) is 0 Å². The Bertz CT molecular complexity index is 95.1. The van der Waals surface area contributed by atoms with Crippen molar-refractivity contribution in [1.29, 1.82) is 0 Å². The van der Waals surface area contributed by atoms with E-state index in [9.17, 15) is 0 Å². The molecule has 0 saturated carbocycles. The van der Waals surface area contributed by atoms with Gasteiger partial charge >= 0.3 is 0 Å². The molecule has 9 heavy (non-hydrogen) atoms. The fourth-order valence-electron chi connectivity index (χ4n) is 0.319. The van der Waals surface area contributed by atoms with E-state index in [-0.39, 0.29) is 0 Å². The minimum atomic E-state index is 0.516. The van der Waals surface area contributed by atoms with Gasteiger partial charge in [-0.25, -0.2) is 0 Å². The lowest BCUT2D eigenvalue weighted by Crippen LogP contribution is -2.05. The molecular weight excluding hydrogens is 112 g/mol. The highest BCUT2D eigenvalue weighted by atomic mass is 15.3. The first kappa shape index (κ1) is 8.21. The quantitative estimate of drug-likeness (QED) is 0.262. The zero-order chi connectivity index (χ0) is 7.11. The van der Waals surface area contributed by atoms with Crippen molar-refractivity contribution in [3.63, 3.8) is 0 Å². The molecule has 1 N–H and O–H groups in total. The first-order chi connectivity index (χ1) is 4.27. The zero-order valence-corrected chi connectivity index (χ0v) is 6.09. The smallest absolute Gasteiger partial charge is 0.0507 e. The van der Waals surface area contributed by atoms with Crippen molar-refractivity contribution in [3.8, 4) is 0 Å². The molecule has 0 radical (unpaired) electrons. The van der Waals surface area contributed by atoms with Crippen LogP contribution in [0.4, 0.5) is 0 Å². The minimum Gasteiger partial charge on any atom is -0.307 e. The standard InChI is InChI=1S/C7H14N2/c1-4-5-8-9-6-7(2)3/h4,6-8H,1,5H2,2-3H3. The van der Waals surface area contributed by atoms with Gasteiger partial charge in [-0.15, -0.1) is 6.58 Å². The second-order valence-electron chi connectivity index (χ2n) is 2.17. The molecule has 0 aliphatic carbocycles. The van der Waals surface area contributed by atoms with Crippen molar-refractivity contribution in [2.75, 3.05) is 6.54 Å². The summed E-state index contributed by atoms with van der Waals surface area (Å²) in [6, 6.07) is 0. The Morgan fingerprint density at radius 3 is 2.78 bits per heavy atom. The van der Waals surface area contributed by atoms with E-state index in [1.54, 1.807) is 6.08 Å². The van der Waals surface area contributed by atoms with Crippen molar-refractivity contribution in [2.45, 2.75) is 13.8 Å². The molecule has 0 aromatic carbocycles. The lowest BCUT2D eigenvalue weighted by Gasteiger charge is -1.93. The molecular formula is C7H14N2. The summed E-state index contributed by atoms with van der Waals surface area (Å²) in [5.41, 5.74) is 2.82. The van der Waals surface area contributed by atoms with Crippen LogP contribution in [-0.2, 0) is 0 Å². The predicted molar refractivity (Wildman–Crippen MR) is 41.5 cm³/mol. The molecule has 0 aromatic heterocycles. The highest BCUT2D eigenvalue weighted by molar-refractivity contribution is 5.59. The maximum Gasteiger partial charge on any atom is 0.0507 e. The Balaban J connectivity index is 3.14. The second kappa shape index (κ2) is 5.35. The van der Waals surface area contributed by atoms with Crippen molar-refractivity contribution in [1.82, 2.24) is 5.43 Å². The molecule has 0 unspecified atom stereocenters. The molecule has 0 atom stereocenters. The monoisotopic (exact) mass is 126 g/mol. The molecule has 0 rings (SSSR count). The van der Waals surface area contributed by atoms with Crippen molar-refractivity contribution in [3.05, 3.63) is 12.7 Å². The van der Waals surface area contributed by atoms with Gasteiger partial charge in [-0.1, -0.05) is 19.9 Å². The molecule has 0 aliphatic heterocycles. The molecule has 2 nitrogen and oxygen atoms in total. The molecule has 0 fully saturated rings. The predicted octanol–water partition coefficient (Wildman–Crippen LogP) is 1.40. The summed E-state index contributed by atoms with van der Waals surface area (Å²) in [7, 11) is 0. The van der Waals surface area contributed by atoms with Gasteiger partial charge in [-0.05, 0) is 5.92 Å². The minimum absolute atomic E-state index is 0.516. The van der Waals surface area contributed by atoms with Crippen LogP contribution in [0.1, 0.15) is 13.8 Å². The van der Waals surface area contributed by atoms with E-state index in [0.717, 1.165) is 6.54 Å². The van der Waals surface area contributed by atoms with Crippen LogP contribution >= 0.6 is 0 Å². The molecule has 0 bridgehead atoms. The number of rotatable bonds is 4. The number of hydrogen-bond donors (Lipinski definition) is 1. The van der Waals surface area contributed by atoms with Gasteiger partial charge in [0.1, 0.15) is 0 Å². The lowest BCUT2D eigenvalue weighted by molar-refractivity contribution is 0.803. The third-order valence-corrected chi connectivity index (χ3v) is 0.700. The Kier molecular flexibility index (Phi) is 4.88. The van der Waals surface area contributed by atoms with Gasteiger partial charge < -0.3 is 5.43 Å². The normalized spacial score (nSPS) is 10.6. The van der Waals surface area contributed by atoms with Gasteiger partial charge in [0, 0.05) is 6.21 Å². The Morgan fingerprint density at radius 1 is 1.67 bits per heavy atom. The van der Waals surface area contributed by atoms with Crippen LogP contribution in [0, 0.1) is 5.92 Å². The first-order valence-electron chi connectivity index (χ1n) is 3.14.